The standard InChI is InChI=1S/C16H22N2/c1-2-5-13-9-15(8-12(13)4-1)18-10-14-6-3-7-17-16(14)11-18/h1-2,4-5,14-17H,3,6-11H2. The van der Waals surface area contributed by atoms with Crippen LogP contribution in [0, 0.1) is 5.92 Å². The Hall–Kier alpha value is -0.860. The Morgan fingerprint density at radius 2 is 1.83 bits per heavy atom. The second kappa shape index (κ2) is 4.36. The lowest BCUT2D eigenvalue weighted by molar-refractivity contribution is 0.239. The fraction of sp³-hybridized carbons (Fsp3) is 0.625. The van der Waals surface area contributed by atoms with Gasteiger partial charge in [-0.2, -0.15) is 0 Å². The minimum absolute atomic E-state index is 0.773. The maximum absolute atomic E-state index is 3.71. The molecule has 18 heavy (non-hydrogen) atoms. The molecule has 2 heteroatoms. The van der Waals surface area contributed by atoms with E-state index in [0.717, 1.165) is 18.0 Å². The van der Waals surface area contributed by atoms with Crippen LogP contribution in [0.2, 0.25) is 0 Å². The SMILES string of the molecule is c1ccc2c(c1)CC(N1CC3CCCNC3C1)C2. The number of rotatable bonds is 1. The number of hydrogen-bond donors (Lipinski definition) is 1. The maximum Gasteiger partial charge on any atom is 0.0235 e. The van der Waals surface area contributed by atoms with E-state index in [-0.39, 0.29) is 0 Å². The fourth-order valence-corrected chi connectivity index (χ4v) is 4.17. The van der Waals surface area contributed by atoms with Crippen LogP contribution in [-0.2, 0) is 12.8 Å². The van der Waals surface area contributed by atoms with Crippen LogP contribution in [0.25, 0.3) is 0 Å². The van der Waals surface area contributed by atoms with Crippen molar-refractivity contribution in [1.82, 2.24) is 10.2 Å². The first-order valence-corrected chi connectivity index (χ1v) is 7.44. The highest BCUT2D eigenvalue weighted by molar-refractivity contribution is 5.33. The van der Waals surface area contributed by atoms with Gasteiger partial charge < -0.3 is 5.32 Å². The maximum atomic E-state index is 3.71. The Bertz CT molecular complexity index is 403. The lowest BCUT2D eigenvalue weighted by Gasteiger charge is -2.25. The molecule has 2 saturated heterocycles. The lowest BCUT2D eigenvalue weighted by atomic mass is 9.94. The van der Waals surface area contributed by atoms with Gasteiger partial charge in [-0.25, -0.2) is 0 Å². The number of nitrogens with zero attached hydrogens (tertiary/aromatic N) is 1. The molecule has 3 aliphatic rings. The van der Waals surface area contributed by atoms with Crippen LogP contribution in [0.15, 0.2) is 24.3 Å². The molecule has 0 spiro atoms. The quantitative estimate of drug-likeness (QED) is 0.808. The highest BCUT2D eigenvalue weighted by atomic mass is 15.2. The van der Waals surface area contributed by atoms with Crippen LogP contribution in [0.4, 0.5) is 0 Å². The molecule has 1 aromatic carbocycles. The van der Waals surface area contributed by atoms with Crippen LogP contribution in [-0.4, -0.2) is 36.6 Å². The zero-order chi connectivity index (χ0) is 11.9. The van der Waals surface area contributed by atoms with Crippen molar-refractivity contribution in [3.8, 4) is 0 Å². The molecule has 0 bridgehead atoms. The van der Waals surface area contributed by atoms with Crippen molar-refractivity contribution < 1.29 is 0 Å². The average molecular weight is 242 g/mol. The Morgan fingerprint density at radius 1 is 1.06 bits per heavy atom. The molecule has 96 valence electrons. The van der Waals surface area contributed by atoms with E-state index < -0.39 is 0 Å². The monoisotopic (exact) mass is 242 g/mol. The fourth-order valence-electron chi connectivity index (χ4n) is 4.17. The number of hydrogen-bond acceptors (Lipinski definition) is 2. The van der Waals surface area contributed by atoms with Crippen molar-refractivity contribution in [2.75, 3.05) is 19.6 Å². The molecule has 1 aromatic rings. The molecular weight excluding hydrogens is 220 g/mol. The van der Waals surface area contributed by atoms with Gasteiger partial charge in [-0.05, 0) is 49.3 Å². The van der Waals surface area contributed by atoms with E-state index in [4.69, 9.17) is 0 Å². The molecule has 2 heterocycles. The van der Waals surface area contributed by atoms with E-state index >= 15 is 0 Å². The van der Waals surface area contributed by atoms with Gasteiger partial charge in [0.1, 0.15) is 0 Å². The first-order valence-electron chi connectivity index (χ1n) is 7.44. The molecule has 0 amide bonds. The van der Waals surface area contributed by atoms with Gasteiger partial charge in [-0.1, -0.05) is 24.3 Å². The summed E-state index contributed by atoms with van der Waals surface area (Å²) in [6.45, 7) is 3.85. The van der Waals surface area contributed by atoms with Crippen molar-refractivity contribution in [3.05, 3.63) is 35.4 Å². The third-order valence-electron chi connectivity index (χ3n) is 5.17. The molecule has 2 atom stereocenters. The molecule has 2 unspecified atom stereocenters. The zero-order valence-corrected chi connectivity index (χ0v) is 10.9. The summed E-state index contributed by atoms with van der Waals surface area (Å²) in [4.78, 5) is 2.76. The van der Waals surface area contributed by atoms with Crippen molar-refractivity contribution in [2.24, 2.45) is 5.92 Å². The molecule has 4 rings (SSSR count). The van der Waals surface area contributed by atoms with Gasteiger partial charge in [0.15, 0.2) is 0 Å². The number of piperidine rings is 1. The predicted octanol–water partition coefficient (Wildman–Crippen LogP) is 1.84. The third kappa shape index (κ3) is 1.79. The Kier molecular flexibility index (Phi) is 2.66. The molecule has 0 aromatic heterocycles. The number of nitrogens with one attached hydrogen (secondary N) is 1. The van der Waals surface area contributed by atoms with Crippen LogP contribution in [0.3, 0.4) is 0 Å². The minimum atomic E-state index is 0.773. The van der Waals surface area contributed by atoms with Crippen LogP contribution < -0.4 is 5.32 Å². The van der Waals surface area contributed by atoms with Gasteiger partial charge in [0.2, 0.25) is 0 Å². The second-order valence-electron chi connectivity index (χ2n) is 6.25. The zero-order valence-electron chi connectivity index (χ0n) is 10.9. The molecule has 2 nitrogen and oxygen atoms in total. The van der Waals surface area contributed by atoms with E-state index in [1.807, 2.05) is 0 Å². The van der Waals surface area contributed by atoms with Crippen LogP contribution in [0.5, 0.6) is 0 Å². The Labute approximate surface area is 109 Å². The van der Waals surface area contributed by atoms with Crippen LogP contribution >= 0.6 is 0 Å². The second-order valence-corrected chi connectivity index (χ2v) is 6.25. The number of likely N-dealkylation sites (tertiary alicyclic amines) is 1. The molecule has 2 fully saturated rings. The first kappa shape index (κ1) is 11.0. The predicted molar refractivity (Wildman–Crippen MR) is 73.7 cm³/mol. The minimum Gasteiger partial charge on any atom is -0.312 e. The summed E-state index contributed by atoms with van der Waals surface area (Å²) in [5.41, 5.74) is 3.18. The summed E-state index contributed by atoms with van der Waals surface area (Å²) < 4.78 is 0. The largest absolute Gasteiger partial charge is 0.312 e. The van der Waals surface area contributed by atoms with E-state index in [1.54, 1.807) is 11.1 Å². The van der Waals surface area contributed by atoms with Crippen molar-refractivity contribution in [3.63, 3.8) is 0 Å². The average Bonchev–Trinajstić information content (AvgIpc) is 3.02. The van der Waals surface area contributed by atoms with Gasteiger partial charge in [0.05, 0.1) is 0 Å². The molecule has 1 N–H and O–H groups in total. The van der Waals surface area contributed by atoms with Gasteiger partial charge in [0, 0.05) is 25.2 Å². The summed E-state index contributed by atoms with van der Waals surface area (Å²) in [5.74, 6) is 0.919. The van der Waals surface area contributed by atoms with Crippen molar-refractivity contribution in [2.45, 2.75) is 37.8 Å². The molecule has 0 radical (unpaired) electrons. The van der Waals surface area contributed by atoms with Crippen molar-refractivity contribution in [1.29, 1.82) is 0 Å². The summed E-state index contributed by atoms with van der Waals surface area (Å²) >= 11 is 0. The van der Waals surface area contributed by atoms with E-state index in [1.165, 1.54) is 45.3 Å². The van der Waals surface area contributed by atoms with Crippen molar-refractivity contribution >= 4 is 0 Å². The van der Waals surface area contributed by atoms with E-state index in [2.05, 4.69) is 34.5 Å². The third-order valence-corrected chi connectivity index (χ3v) is 5.17. The first-order chi connectivity index (χ1) is 8.90. The molecule has 0 saturated carbocycles. The van der Waals surface area contributed by atoms with E-state index in [9.17, 15) is 0 Å². The number of benzene rings is 1. The topological polar surface area (TPSA) is 15.3 Å². The van der Waals surface area contributed by atoms with Gasteiger partial charge in [0.25, 0.3) is 0 Å². The summed E-state index contributed by atoms with van der Waals surface area (Å²) in [6, 6.07) is 10.6. The number of fused-ring (bicyclic) bond motifs is 2. The highest BCUT2D eigenvalue weighted by Gasteiger charge is 2.38. The van der Waals surface area contributed by atoms with Crippen LogP contribution in [0.1, 0.15) is 24.0 Å². The summed E-state index contributed by atoms with van der Waals surface area (Å²) in [7, 11) is 0. The molecule has 2 aliphatic heterocycles. The van der Waals surface area contributed by atoms with Gasteiger partial charge >= 0.3 is 0 Å². The Balaban J connectivity index is 1.47. The molecular formula is C16H22N2. The molecule has 1 aliphatic carbocycles. The van der Waals surface area contributed by atoms with E-state index in [0.29, 0.717) is 0 Å². The summed E-state index contributed by atoms with van der Waals surface area (Å²) in [6.07, 6.45) is 5.36. The normalized spacial score (nSPS) is 32.4. The lowest BCUT2D eigenvalue weighted by Crippen LogP contribution is -2.41. The van der Waals surface area contributed by atoms with Gasteiger partial charge in [-0.15, -0.1) is 0 Å². The highest BCUT2D eigenvalue weighted by Crippen LogP contribution is 2.31. The summed E-state index contributed by atoms with van der Waals surface area (Å²) in [5, 5.41) is 3.71. The smallest absolute Gasteiger partial charge is 0.0235 e. The van der Waals surface area contributed by atoms with Gasteiger partial charge in [-0.3, -0.25) is 4.90 Å². The Morgan fingerprint density at radius 3 is 2.56 bits per heavy atom.